The summed E-state index contributed by atoms with van der Waals surface area (Å²) in [5.41, 5.74) is -0.987. The first-order valence-corrected chi connectivity index (χ1v) is 5.73. The zero-order valence-electron chi connectivity index (χ0n) is 10.3. The molecule has 88 valence electrons. The quantitative estimate of drug-likeness (QED) is 0.776. The number of rotatable bonds is 3. The van der Waals surface area contributed by atoms with Crippen LogP contribution in [0.15, 0.2) is 0 Å². The molecule has 1 aliphatic rings. The van der Waals surface area contributed by atoms with Crippen LogP contribution < -0.4 is 0 Å². The zero-order chi connectivity index (χ0) is 11.7. The van der Waals surface area contributed by atoms with E-state index in [2.05, 4.69) is 0 Å². The Bertz CT molecular complexity index is 236. The highest BCUT2D eigenvalue weighted by atomic mass is 16.3. The Morgan fingerprint density at radius 2 is 1.87 bits per heavy atom. The first-order valence-electron chi connectivity index (χ1n) is 5.73. The van der Waals surface area contributed by atoms with Crippen molar-refractivity contribution in [3.05, 3.63) is 0 Å². The molecule has 0 aliphatic heterocycles. The molecule has 3 nitrogen and oxygen atoms in total. The van der Waals surface area contributed by atoms with E-state index in [4.69, 9.17) is 0 Å². The van der Waals surface area contributed by atoms with E-state index in [-0.39, 0.29) is 11.3 Å². The van der Waals surface area contributed by atoms with E-state index in [9.17, 15) is 9.90 Å². The third-order valence-corrected chi connectivity index (χ3v) is 3.19. The monoisotopic (exact) mass is 213 g/mol. The van der Waals surface area contributed by atoms with Gasteiger partial charge in [0.05, 0.1) is 5.60 Å². The van der Waals surface area contributed by atoms with Crippen LogP contribution in [0.5, 0.6) is 0 Å². The average Bonchev–Trinajstić information content (AvgIpc) is 2.49. The molecule has 0 radical (unpaired) electrons. The van der Waals surface area contributed by atoms with Gasteiger partial charge in [-0.2, -0.15) is 0 Å². The van der Waals surface area contributed by atoms with Crippen LogP contribution in [-0.2, 0) is 4.79 Å². The Morgan fingerprint density at radius 1 is 1.40 bits per heavy atom. The van der Waals surface area contributed by atoms with Gasteiger partial charge in [-0.15, -0.1) is 0 Å². The van der Waals surface area contributed by atoms with Gasteiger partial charge < -0.3 is 10.0 Å². The summed E-state index contributed by atoms with van der Waals surface area (Å²) in [4.78, 5) is 13.8. The summed E-state index contributed by atoms with van der Waals surface area (Å²) in [5.74, 6) is 0.183. The van der Waals surface area contributed by atoms with Gasteiger partial charge in [0.1, 0.15) is 0 Å². The Kier molecular flexibility index (Phi) is 3.44. The summed E-state index contributed by atoms with van der Waals surface area (Å²) in [6.07, 6.45) is 4.28. The van der Waals surface area contributed by atoms with Gasteiger partial charge in [-0.05, 0) is 26.7 Å². The van der Waals surface area contributed by atoms with Crippen LogP contribution in [0.3, 0.4) is 0 Å². The van der Waals surface area contributed by atoms with Gasteiger partial charge in [0.25, 0.3) is 0 Å². The zero-order valence-corrected chi connectivity index (χ0v) is 10.3. The molecule has 0 unspecified atom stereocenters. The van der Waals surface area contributed by atoms with Crippen molar-refractivity contribution < 1.29 is 9.90 Å². The molecule has 0 spiro atoms. The fourth-order valence-electron chi connectivity index (χ4n) is 2.48. The van der Waals surface area contributed by atoms with Gasteiger partial charge >= 0.3 is 0 Å². The molecule has 1 rings (SSSR count). The van der Waals surface area contributed by atoms with Crippen LogP contribution in [0.25, 0.3) is 0 Å². The molecule has 1 N–H and O–H groups in total. The lowest BCUT2D eigenvalue weighted by molar-refractivity contribution is -0.142. The van der Waals surface area contributed by atoms with E-state index in [0.29, 0.717) is 6.54 Å². The van der Waals surface area contributed by atoms with E-state index in [1.54, 1.807) is 25.8 Å². The smallest absolute Gasteiger partial charge is 0.228 e. The topological polar surface area (TPSA) is 40.5 Å². The molecule has 0 aromatic carbocycles. The molecule has 1 fully saturated rings. The maximum Gasteiger partial charge on any atom is 0.228 e. The predicted octanol–water partition coefficient (Wildman–Crippen LogP) is 1.80. The SMILES string of the molecule is CN(CC(C)(C)O)C(=O)C1(C)CCCC1. The summed E-state index contributed by atoms with van der Waals surface area (Å²) < 4.78 is 0. The molecule has 0 saturated heterocycles. The van der Waals surface area contributed by atoms with Gasteiger partial charge in [0.15, 0.2) is 0 Å². The van der Waals surface area contributed by atoms with Crippen LogP contribution >= 0.6 is 0 Å². The molecular weight excluding hydrogens is 190 g/mol. The van der Waals surface area contributed by atoms with Crippen molar-refractivity contribution in [2.45, 2.75) is 52.1 Å². The first-order chi connectivity index (χ1) is 6.75. The molecule has 1 amide bonds. The fourth-order valence-corrected chi connectivity index (χ4v) is 2.48. The second-order valence-electron chi connectivity index (χ2n) is 5.74. The maximum atomic E-state index is 12.2. The van der Waals surface area contributed by atoms with Crippen LogP contribution in [0.4, 0.5) is 0 Å². The molecule has 0 bridgehead atoms. The number of nitrogens with zero attached hydrogens (tertiary/aromatic N) is 1. The van der Waals surface area contributed by atoms with Crippen molar-refractivity contribution in [2.24, 2.45) is 5.41 Å². The molecule has 1 saturated carbocycles. The summed E-state index contributed by atoms with van der Waals surface area (Å²) >= 11 is 0. The molecule has 15 heavy (non-hydrogen) atoms. The Balaban J connectivity index is 2.60. The number of hydrogen-bond acceptors (Lipinski definition) is 2. The molecule has 0 heterocycles. The third kappa shape index (κ3) is 3.20. The minimum Gasteiger partial charge on any atom is -0.389 e. The Hall–Kier alpha value is -0.570. The minimum absolute atomic E-state index is 0.181. The highest BCUT2D eigenvalue weighted by molar-refractivity contribution is 5.82. The second-order valence-corrected chi connectivity index (χ2v) is 5.74. The second kappa shape index (κ2) is 4.12. The maximum absolute atomic E-state index is 12.2. The number of amides is 1. The molecule has 1 aliphatic carbocycles. The first kappa shape index (κ1) is 12.5. The van der Waals surface area contributed by atoms with Gasteiger partial charge in [0.2, 0.25) is 5.91 Å². The van der Waals surface area contributed by atoms with E-state index < -0.39 is 5.60 Å². The van der Waals surface area contributed by atoms with Crippen LogP contribution in [0, 0.1) is 5.41 Å². The number of aliphatic hydroxyl groups is 1. The van der Waals surface area contributed by atoms with Gasteiger partial charge in [0, 0.05) is 19.0 Å². The van der Waals surface area contributed by atoms with Gasteiger partial charge in [-0.1, -0.05) is 19.8 Å². The molecule has 0 atom stereocenters. The summed E-state index contributed by atoms with van der Waals surface area (Å²) in [6, 6.07) is 0. The van der Waals surface area contributed by atoms with Crippen molar-refractivity contribution in [3.63, 3.8) is 0 Å². The van der Waals surface area contributed by atoms with Gasteiger partial charge in [-0.3, -0.25) is 4.79 Å². The standard InChI is InChI=1S/C12H23NO2/c1-11(2,15)9-13(4)10(14)12(3)7-5-6-8-12/h15H,5-9H2,1-4H3. The lowest BCUT2D eigenvalue weighted by atomic mass is 9.87. The average molecular weight is 213 g/mol. The lowest BCUT2D eigenvalue weighted by Crippen LogP contribution is -2.45. The van der Waals surface area contributed by atoms with E-state index in [0.717, 1.165) is 25.7 Å². The largest absolute Gasteiger partial charge is 0.389 e. The van der Waals surface area contributed by atoms with Crippen LogP contribution in [0.1, 0.15) is 46.5 Å². The highest BCUT2D eigenvalue weighted by Crippen LogP contribution is 2.39. The molecule has 0 aromatic rings. The molecule has 3 heteroatoms. The number of carbonyl (C=O) groups is 1. The number of carbonyl (C=O) groups excluding carboxylic acids is 1. The Labute approximate surface area is 92.5 Å². The number of likely N-dealkylation sites (N-methyl/N-ethyl adjacent to an activating group) is 1. The Morgan fingerprint density at radius 3 is 2.27 bits per heavy atom. The highest BCUT2D eigenvalue weighted by Gasteiger charge is 2.38. The van der Waals surface area contributed by atoms with E-state index in [1.807, 2.05) is 6.92 Å². The van der Waals surface area contributed by atoms with Crippen molar-refractivity contribution in [1.82, 2.24) is 4.90 Å². The fraction of sp³-hybridized carbons (Fsp3) is 0.917. The van der Waals surface area contributed by atoms with Crippen molar-refractivity contribution in [2.75, 3.05) is 13.6 Å². The summed E-state index contributed by atoms with van der Waals surface area (Å²) in [7, 11) is 1.78. The summed E-state index contributed by atoms with van der Waals surface area (Å²) in [5, 5.41) is 9.67. The van der Waals surface area contributed by atoms with Crippen molar-refractivity contribution >= 4 is 5.91 Å². The number of hydrogen-bond donors (Lipinski definition) is 1. The lowest BCUT2D eigenvalue weighted by Gasteiger charge is -2.32. The molecule has 0 aromatic heterocycles. The van der Waals surface area contributed by atoms with Crippen LogP contribution in [0.2, 0.25) is 0 Å². The van der Waals surface area contributed by atoms with E-state index >= 15 is 0 Å². The minimum atomic E-state index is -0.806. The summed E-state index contributed by atoms with van der Waals surface area (Å²) in [6.45, 7) is 5.91. The third-order valence-electron chi connectivity index (χ3n) is 3.19. The van der Waals surface area contributed by atoms with Crippen LogP contribution in [-0.4, -0.2) is 35.1 Å². The van der Waals surface area contributed by atoms with Gasteiger partial charge in [-0.25, -0.2) is 0 Å². The normalized spacial score (nSPS) is 20.3. The molecular formula is C12H23NO2. The van der Waals surface area contributed by atoms with E-state index in [1.165, 1.54) is 0 Å². The van der Waals surface area contributed by atoms with Crippen molar-refractivity contribution in [1.29, 1.82) is 0 Å². The van der Waals surface area contributed by atoms with Crippen molar-refractivity contribution in [3.8, 4) is 0 Å². The predicted molar refractivity (Wildman–Crippen MR) is 60.5 cm³/mol.